The Balaban J connectivity index is 2.00. The Bertz CT molecular complexity index is 993. The Morgan fingerprint density at radius 1 is 1.11 bits per heavy atom. The molecule has 0 unspecified atom stereocenters. The third-order valence-electron chi connectivity index (χ3n) is 3.70. The van der Waals surface area contributed by atoms with E-state index in [1.807, 2.05) is 6.07 Å². The molecule has 0 bridgehead atoms. The van der Waals surface area contributed by atoms with Gasteiger partial charge in [-0.1, -0.05) is 29.8 Å². The quantitative estimate of drug-likeness (QED) is 0.648. The molecule has 8 heteroatoms. The average Bonchev–Trinajstić information content (AvgIpc) is 2.65. The first kappa shape index (κ1) is 18.2. The summed E-state index contributed by atoms with van der Waals surface area (Å²) in [4.78, 5) is 38.0. The maximum Gasteiger partial charge on any atom is 0.335 e. The van der Waals surface area contributed by atoms with Crippen LogP contribution >= 0.6 is 11.6 Å². The highest BCUT2D eigenvalue weighted by Gasteiger charge is 2.36. The van der Waals surface area contributed by atoms with Crippen LogP contribution in [0.1, 0.15) is 5.56 Å². The summed E-state index contributed by atoms with van der Waals surface area (Å²) in [5.41, 5.74) is 0.462. The summed E-state index contributed by atoms with van der Waals surface area (Å²) in [6, 6.07) is 13.7. The fraction of sp³-hybridized carbons (Fsp3) is 0.0526. The van der Waals surface area contributed by atoms with Crippen LogP contribution < -0.4 is 15.0 Å². The van der Waals surface area contributed by atoms with Gasteiger partial charge in [-0.2, -0.15) is 5.26 Å². The Labute approximate surface area is 159 Å². The number of urea groups is 1. The van der Waals surface area contributed by atoms with Crippen molar-refractivity contribution in [2.45, 2.75) is 0 Å². The number of amides is 4. The first-order chi connectivity index (χ1) is 13.0. The lowest BCUT2D eigenvalue weighted by Gasteiger charge is -2.26. The molecule has 1 aliphatic rings. The molecular weight excluding hydrogens is 370 g/mol. The molecule has 4 amide bonds. The number of carbonyl (C=O) groups is 3. The molecule has 1 fully saturated rings. The Kier molecular flexibility index (Phi) is 5.20. The SMILES string of the molecule is N#CCOc1ccccc1/C=C1/C(=O)NC(=O)N(c2ccc(Cl)cc2)C1=O. The van der Waals surface area contributed by atoms with Gasteiger partial charge in [0.15, 0.2) is 6.61 Å². The Morgan fingerprint density at radius 3 is 2.52 bits per heavy atom. The lowest BCUT2D eigenvalue weighted by molar-refractivity contribution is -0.122. The number of anilines is 1. The van der Waals surface area contributed by atoms with Crippen molar-refractivity contribution in [2.75, 3.05) is 11.5 Å². The van der Waals surface area contributed by atoms with Gasteiger partial charge in [-0.3, -0.25) is 14.9 Å². The number of hydrogen-bond donors (Lipinski definition) is 1. The van der Waals surface area contributed by atoms with Crippen LogP contribution in [0.25, 0.3) is 6.08 Å². The number of barbiturate groups is 1. The van der Waals surface area contributed by atoms with Crippen LogP contribution in [0.15, 0.2) is 54.1 Å². The maximum absolute atomic E-state index is 12.8. The van der Waals surface area contributed by atoms with Gasteiger partial charge in [-0.05, 0) is 36.4 Å². The van der Waals surface area contributed by atoms with Crippen LogP contribution in [0, 0.1) is 11.3 Å². The van der Waals surface area contributed by atoms with E-state index in [1.165, 1.54) is 30.3 Å². The molecule has 0 saturated carbocycles. The van der Waals surface area contributed by atoms with Gasteiger partial charge in [0, 0.05) is 10.6 Å². The van der Waals surface area contributed by atoms with Gasteiger partial charge >= 0.3 is 6.03 Å². The highest BCUT2D eigenvalue weighted by atomic mass is 35.5. The number of carbonyl (C=O) groups excluding carboxylic acids is 3. The van der Waals surface area contributed by atoms with Crippen LogP contribution in [0.5, 0.6) is 5.75 Å². The molecule has 0 radical (unpaired) electrons. The molecule has 0 aliphatic carbocycles. The third-order valence-corrected chi connectivity index (χ3v) is 3.95. The summed E-state index contributed by atoms with van der Waals surface area (Å²) in [6.45, 7) is -0.185. The van der Waals surface area contributed by atoms with Gasteiger partial charge in [0.25, 0.3) is 11.8 Å². The highest BCUT2D eigenvalue weighted by Crippen LogP contribution is 2.26. The first-order valence-corrected chi connectivity index (χ1v) is 8.15. The summed E-state index contributed by atoms with van der Waals surface area (Å²) < 4.78 is 5.30. The standard InChI is InChI=1S/C19H12ClN3O4/c20-13-5-7-14(8-6-13)23-18(25)15(17(24)22-19(23)26)11-12-3-1-2-4-16(12)27-10-9-21/h1-8,11H,10H2,(H,22,24,26)/b15-11-. The zero-order valence-corrected chi connectivity index (χ0v) is 14.6. The molecule has 27 heavy (non-hydrogen) atoms. The minimum atomic E-state index is -0.849. The van der Waals surface area contributed by atoms with E-state index in [1.54, 1.807) is 24.3 Å². The van der Waals surface area contributed by atoms with Crippen LogP contribution in [0.2, 0.25) is 5.02 Å². The van der Waals surface area contributed by atoms with Gasteiger partial charge in [0.05, 0.1) is 5.69 Å². The molecule has 0 spiro atoms. The average molecular weight is 382 g/mol. The van der Waals surface area contributed by atoms with Crippen molar-refractivity contribution in [1.29, 1.82) is 5.26 Å². The minimum Gasteiger partial charge on any atom is -0.478 e. The molecule has 134 valence electrons. The van der Waals surface area contributed by atoms with E-state index >= 15 is 0 Å². The van der Waals surface area contributed by atoms with Crippen molar-refractivity contribution in [2.24, 2.45) is 0 Å². The zero-order chi connectivity index (χ0) is 19.4. The first-order valence-electron chi connectivity index (χ1n) is 7.77. The van der Waals surface area contributed by atoms with Gasteiger partial charge < -0.3 is 4.74 Å². The summed E-state index contributed by atoms with van der Waals surface area (Å²) in [5, 5.41) is 11.3. The predicted molar refractivity (Wildman–Crippen MR) is 98.0 cm³/mol. The number of nitriles is 1. The molecule has 2 aromatic rings. The Morgan fingerprint density at radius 2 is 1.81 bits per heavy atom. The van der Waals surface area contributed by atoms with Gasteiger partial charge in [0.1, 0.15) is 17.4 Å². The number of imide groups is 2. The van der Waals surface area contributed by atoms with Crippen LogP contribution in [0.3, 0.4) is 0 Å². The number of benzene rings is 2. The van der Waals surface area contributed by atoms with Crippen molar-refractivity contribution in [3.8, 4) is 11.8 Å². The molecule has 0 aromatic heterocycles. The molecule has 0 atom stereocenters. The fourth-order valence-corrected chi connectivity index (χ4v) is 2.60. The van der Waals surface area contributed by atoms with Gasteiger partial charge in [-0.25, -0.2) is 9.69 Å². The summed E-state index contributed by atoms with van der Waals surface area (Å²) in [7, 11) is 0. The van der Waals surface area contributed by atoms with Crippen molar-refractivity contribution in [3.05, 3.63) is 64.7 Å². The number of nitrogens with zero attached hydrogens (tertiary/aromatic N) is 2. The van der Waals surface area contributed by atoms with E-state index in [4.69, 9.17) is 21.6 Å². The van der Waals surface area contributed by atoms with E-state index in [2.05, 4.69) is 5.32 Å². The van der Waals surface area contributed by atoms with E-state index in [0.29, 0.717) is 16.3 Å². The number of nitrogens with one attached hydrogen (secondary N) is 1. The normalized spacial score (nSPS) is 15.5. The second-order valence-electron chi connectivity index (χ2n) is 5.42. The van der Waals surface area contributed by atoms with E-state index in [-0.39, 0.29) is 17.9 Å². The zero-order valence-electron chi connectivity index (χ0n) is 13.8. The number of hydrogen-bond acceptors (Lipinski definition) is 5. The second kappa shape index (κ2) is 7.72. The number of rotatable bonds is 4. The molecule has 1 saturated heterocycles. The maximum atomic E-state index is 12.8. The number of ether oxygens (including phenoxy) is 1. The molecule has 1 heterocycles. The van der Waals surface area contributed by atoms with Gasteiger partial charge in [-0.15, -0.1) is 0 Å². The predicted octanol–water partition coefficient (Wildman–Crippen LogP) is 2.91. The number of para-hydroxylation sites is 1. The molecule has 3 rings (SSSR count). The monoisotopic (exact) mass is 381 g/mol. The van der Waals surface area contributed by atoms with Crippen LogP contribution in [-0.2, 0) is 9.59 Å². The Hall–Kier alpha value is -3.63. The van der Waals surface area contributed by atoms with Crippen LogP contribution in [0.4, 0.5) is 10.5 Å². The lowest BCUT2D eigenvalue weighted by Crippen LogP contribution is -2.54. The molecule has 1 aliphatic heterocycles. The second-order valence-corrected chi connectivity index (χ2v) is 5.86. The summed E-state index contributed by atoms with van der Waals surface area (Å²) >= 11 is 5.84. The third kappa shape index (κ3) is 3.81. The molecule has 2 aromatic carbocycles. The van der Waals surface area contributed by atoms with Crippen molar-refractivity contribution in [3.63, 3.8) is 0 Å². The van der Waals surface area contributed by atoms with Gasteiger partial charge in [0.2, 0.25) is 0 Å². The van der Waals surface area contributed by atoms with Crippen LogP contribution in [-0.4, -0.2) is 24.5 Å². The highest BCUT2D eigenvalue weighted by molar-refractivity contribution is 6.39. The lowest BCUT2D eigenvalue weighted by atomic mass is 10.1. The smallest absolute Gasteiger partial charge is 0.335 e. The van der Waals surface area contributed by atoms with E-state index in [9.17, 15) is 14.4 Å². The largest absolute Gasteiger partial charge is 0.478 e. The van der Waals surface area contributed by atoms with E-state index < -0.39 is 17.8 Å². The molecule has 1 N–H and O–H groups in total. The summed E-state index contributed by atoms with van der Waals surface area (Å²) in [6.07, 6.45) is 1.32. The topological polar surface area (TPSA) is 99.5 Å². The fourth-order valence-electron chi connectivity index (χ4n) is 2.48. The number of halogens is 1. The summed E-state index contributed by atoms with van der Waals surface area (Å²) in [5.74, 6) is -1.26. The molecule has 7 nitrogen and oxygen atoms in total. The van der Waals surface area contributed by atoms with Crippen molar-refractivity contribution >= 4 is 41.2 Å². The van der Waals surface area contributed by atoms with Crippen molar-refractivity contribution < 1.29 is 19.1 Å². The minimum absolute atomic E-state index is 0.185. The molecular formula is C19H12ClN3O4. The van der Waals surface area contributed by atoms with E-state index in [0.717, 1.165) is 4.90 Å². The van der Waals surface area contributed by atoms with Crippen molar-refractivity contribution in [1.82, 2.24) is 5.32 Å².